The lowest BCUT2D eigenvalue weighted by atomic mass is 9.91. The summed E-state index contributed by atoms with van der Waals surface area (Å²) in [5.41, 5.74) is 1.75. The Kier molecular flexibility index (Phi) is 4.96. The highest BCUT2D eigenvalue weighted by Gasteiger charge is 2.23. The van der Waals surface area contributed by atoms with E-state index < -0.39 is 0 Å². The van der Waals surface area contributed by atoms with Gasteiger partial charge in [-0.15, -0.1) is 0 Å². The molecule has 0 saturated carbocycles. The summed E-state index contributed by atoms with van der Waals surface area (Å²) in [6.07, 6.45) is 0. The van der Waals surface area contributed by atoms with E-state index in [1.807, 2.05) is 25.2 Å². The summed E-state index contributed by atoms with van der Waals surface area (Å²) in [4.78, 5) is 9.28. The zero-order valence-corrected chi connectivity index (χ0v) is 16.2. The maximum absolute atomic E-state index is 6.17. The zero-order chi connectivity index (χ0) is 15.8. The van der Waals surface area contributed by atoms with E-state index in [0.29, 0.717) is 10.8 Å². The molecule has 112 valence electrons. The van der Waals surface area contributed by atoms with Crippen LogP contribution in [0.1, 0.15) is 26.5 Å². The van der Waals surface area contributed by atoms with Crippen molar-refractivity contribution >= 4 is 49.3 Å². The summed E-state index contributed by atoms with van der Waals surface area (Å²) in [6, 6.07) is 5.71. The molecule has 3 nitrogen and oxygen atoms in total. The molecule has 0 aliphatic carbocycles. The van der Waals surface area contributed by atoms with Crippen molar-refractivity contribution < 1.29 is 0 Å². The van der Waals surface area contributed by atoms with Crippen molar-refractivity contribution in [2.75, 3.05) is 12.4 Å². The van der Waals surface area contributed by atoms with Gasteiger partial charge in [0.05, 0.1) is 15.2 Å². The van der Waals surface area contributed by atoms with E-state index >= 15 is 0 Å². The van der Waals surface area contributed by atoms with Gasteiger partial charge in [-0.2, -0.15) is 0 Å². The van der Waals surface area contributed by atoms with Gasteiger partial charge in [0.1, 0.15) is 5.82 Å². The fraction of sp³-hybridized carbons (Fsp3) is 0.333. The van der Waals surface area contributed by atoms with Crippen LogP contribution >= 0.6 is 43.5 Å². The SMILES string of the molecule is CNc1nc(-c2ccc(Br)c(Cl)c2)nc(C(C)(C)C)c1Br. The highest BCUT2D eigenvalue weighted by molar-refractivity contribution is 9.11. The molecule has 0 amide bonds. The Bertz CT molecular complexity index is 681. The van der Waals surface area contributed by atoms with E-state index in [1.165, 1.54) is 0 Å². The van der Waals surface area contributed by atoms with E-state index in [2.05, 4.69) is 62.9 Å². The van der Waals surface area contributed by atoms with Crippen LogP contribution in [0.4, 0.5) is 5.82 Å². The van der Waals surface area contributed by atoms with Crippen LogP contribution in [0.5, 0.6) is 0 Å². The van der Waals surface area contributed by atoms with Gasteiger partial charge in [0.2, 0.25) is 0 Å². The van der Waals surface area contributed by atoms with Crippen molar-refractivity contribution in [1.29, 1.82) is 0 Å². The lowest BCUT2D eigenvalue weighted by molar-refractivity contribution is 0.564. The number of benzene rings is 1. The van der Waals surface area contributed by atoms with E-state index in [1.54, 1.807) is 0 Å². The molecule has 1 aromatic heterocycles. The van der Waals surface area contributed by atoms with Gasteiger partial charge in [-0.1, -0.05) is 32.4 Å². The third-order valence-electron chi connectivity index (χ3n) is 2.98. The van der Waals surface area contributed by atoms with Gasteiger partial charge in [-0.05, 0) is 50.1 Å². The molecular weight excluding hydrogens is 417 g/mol. The van der Waals surface area contributed by atoms with Crippen LogP contribution in [0.2, 0.25) is 5.02 Å². The van der Waals surface area contributed by atoms with E-state index in [0.717, 1.165) is 26.0 Å². The lowest BCUT2D eigenvalue weighted by Crippen LogP contribution is -2.17. The molecule has 1 heterocycles. The van der Waals surface area contributed by atoms with Gasteiger partial charge in [-0.25, -0.2) is 9.97 Å². The van der Waals surface area contributed by atoms with Gasteiger partial charge >= 0.3 is 0 Å². The van der Waals surface area contributed by atoms with E-state index in [4.69, 9.17) is 16.6 Å². The second kappa shape index (κ2) is 6.23. The van der Waals surface area contributed by atoms with Crippen LogP contribution in [0, 0.1) is 0 Å². The molecule has 6 heteroatoms. The van der Waals surface area contributed by atoms with Crippen molar-refractivity contribution in [3.8, 4) is 11.4 Å². The Morgan fingerprint density at radius 1 is 1.14 bits per heavy atom. The Morgan fingerprint density at radius 2 is 1.81 bits per heavy atom. The molecule has 0 unspecified atom stereocenters. The quantitative estimate of drug-likeness (QED) is 0.664. The molecule has 21 heavy (non-hydrogen) atoms. The second-order valence-corrected chi connectivity index (χ2v) is 7.74. The third kappa shape index (κ3) is 3.58. The minimum Gasteiger partial charge on any atom is -0.372 e. The van der Waals surface area contributed by atoms with E-state index in [-0.39, 0.29) is 5.41 Å². The standard InChI is InChI=1S/C15H16Br2ClN3/c1-15(2,3)12-11(17)14(19-4)21-13(20-12)8-5-6-9(16)10(18)7-8/h5-7H,1-4H3,(H,19,20,21). The van der Waals surface area contributed by atoms with Gasteiger partial charge in [0, 0.05) is 22.5 Å². The molecular formula is C15H16Br2ClN3. The number of nitrogens with zero attached hydrogens (tertiary/aromatic N) is 2. The molecule has 0 spiro atoms. The Balaban J connectivity index is 2.66. The topological polar surface area (TPSA) is 37.8 Å². The van der Waals surface area contributed by atoms with Crippen LogP contribution in [0.15, 0.2) is 27.1 Å². The van der Waals surface area contributed by atoms with Gasteiger partial charge in [-0.3, -0.25) is 0 Å². The molecule has 1 N–H and O–H groups in total. The van der Waals surface area contributed by atoms with Crippen molar-refractivity contribution in [2.45, 2.75) is 26.2 Å². The molecule has 2 aromatic rings. The van der Waals surface area contributed by atoms with E-state index in [9.17, 15) is 0 Å². The minimum absolute atomic E-state index is 0.0960. The molecule has 2 rings (SSSR count). The van der Waals surface area contributed by atoms with Crippen LogP contribution in [0.25, 0.3) is 11.4 Å². The maximum Gasteiger partial charge on any atom is 0.161 e. The van der Waals surface area contributed by atoms with Crippen molar-refractivity contribution in [1.82, 2.24) is 9.97 Å². The van der Waals surface area contributed by atoms with Gasteiger partial charge in [0.15, 0.2) is 5.82 Å². The predicted octanol–water partition coefficient (Wildman–Crippen LogP) is 5.66. The Morgan fingerprint density at radius 3 is 2.33 bits per heavy atom. The van der Waals surface area contributed by atoms with Gasteiger partial charge in [0.25, 0.3) is 0 Å². The highest BCUT2D eigenvalue weighted by Crippen LogP contribution is 2.35. The first-order valence-corrected chi connectivity index (χ1v) is 8.41. The molecule has 0 fully saturated rings. The largest absolute Gasteiger partial charge is 0.372 e. The highest BCUT2D eigenvalue weighted by atomic mass is 79.9. The van der Waals surface area contributed by atoms with Crippen molar-refractivity contribution in [2.24, 2.45) is 0 Å². The summed E-state index contributed by atoms with van der Waals surface area (Å²) < 4.78 is 1.75. The number of anilines is 1. The Hall–Kier alpha value is -0.650. The first-order valence-electron chi connectivity index (χ1n) is 6.45. The predicted molar refractivity (Wildman–Crippen MR) is 96.1 cm³/mol. The lowest BCUT2D eigenvalue weighted by Gasteiger charge is -2.21. The normalized spacial score (nSPS) is 11.6. The summed E-state index contributed by atoms with van der Waals surface area (Å²) in [5, 5.41) is 3.74. The summed E-state index contributed by atoms with van der Waals surface area (Å²) in [5.74, 6) is 1.42. The Labute approximate surface area is 146 Å². The fourth-order valence-corrected chi connectivity index (χ4v) is 3.27. The van der Waals surface area contributed by atoms with Crippen LogP contribution in [-0.2, 0) is 5.41 Å². The first kappa shape index (κ1) is 16.7. The van der Waals surface area contributed by atoms with Gasteiger partial charge < -0.3 is 5.32 Å². The number of rotatable bonds is 2. The maximum atomic E-state index is 6.17. The van der Waals surface area contributed by atoms with Crippen LogP contribution in [-0.4, -0.2) is 17.0 Å². The molecule has 0 atom stereocenters. The smallest absolute Gasteiger partial charge is 0.161 e. The minimum atomic E-state index is -0.0960. The second-order valence-electron chi connectivity index (χ2n) is 5.69. The van der Waals surface area contributed by atoms with Crippen LogP contribution < -0.4 is 5.32 Å². The number of nitrogens with one attached hydrogen (secondary N) is 1. The number of aromatic nitrogens is 2. The summed E-state index contributed by atoms with van der Waals surface area (Å²) in [6.45, 7) is 6.37. The zero-order valence-electron chi connectivity index (χ0n) is 12.3. The van der Waals surface area contributed by atoms with Crippen LogP contribution in [0.3, 0.4) is 0 Å². The molecule has 0 radical (unpaired) electrons. The average molecular weight is 434 g/mol. The monoisotopic (exact) mass is 431 g/mol. The molecule has 0 bridgehead atoms. The van der Waals surface area contributed by atoms with Crippen molar-refractivity contribution in [3.63, 3.8) is 0 Å². The first-order chi connectivity index (χ1) is 9.74. The summed E-state index contributed by atoms with van der Waals surface area (Å²) in [7, 11) is 1.85. The molecule has 1 aromatic carbocycles. The number of halogens is 3. The fourth-order valence-electron chi connectivity index (χ4n) is 1.87. The average Bonchev–Trinajstić information content (AvgIpc) is 2.41. The molecule has 0 saturated heterocycles. The number of hydrogen-bond donors (Lipinski definition) is 1. The number of hydrogen-bond acceptors (Lipinski definition) is 3. The molecule has 0 aliphatic rings. The third-order valence-corrected chi connectivity index (χ3v) is 4.96. The summed E-state index contributed by atoms with van der Waals surface area (Å²) >= 11 is 13.2. The van der Waals surface area contributed by atoms with Crippen molar-refractivity contribution in [3.05, 3.63) is 37.9 Å². The molecule has 0 aliphatic heterocycles.